The quantitative estimate of drug-likeness (QED) is 0.401. The van der Waals surface area contributed by atoms with Crippen molar-refractivity contribution in [2.24, 2.45) is 11.8 Å². The van der Waals surface area contributed by atoms with Gasteiger partial charge < -0.3 is 10.2 Å². The number of anilines is 1. The summed E-state index contributed by atoms with van der Waals surface area (Å²) in [5, 5.41) is 0. The van der Waals surface area contributed by atoms with Crippen LogP contribution in [0.15, 0.2) is 12.4 Å². The summed E-state index contributed by atoms with van der Waals surface area (Å²) in [6, 6.07) is 0. The van der Waals surface area contributed by atoms with Crippen LogP contribution in [0.5, 0.6) is 0 Å². The van der Waals surface area contributed by atoms with Crippen molar-refractivity contribution in [2.45, 2.75) is 19.4 Å². The molecule has 1 heterocycles. The van der Waals surface area contributed by atoms with Crippen molar-refractivity contribution in [3.05, 3.63) is 18.1 Å². The van der Waals surface area contributed by atoms with E-state index in [2.05, 4.69) is 27.3 Å². The Bertz CT molecular complexity index is 352. The highest BCUT2D eigenvalue weighted by atomic mass is 16.5. The lowest BCUT2D eigenvalue weighted by atomic mass is 10.4. The molecular formula is C12H21N5O. The van der Waals surface area contributed by atoms with Crippen molar-refractivity contribution in [3.8, 4) is 0 Å². The molecule has 3 N–H and O–H groups in total. The number of nitrogens with two attached hydrogens (primary N) is 1. The van der Waals surface area contributed by atoms with Crippen LogP contribution in [-0.2, 0) is 11.3 Å². The van der Waals surface area contributed by atoms with E-state index in [-0.39, 0.29) is 0 Å². The van der Waals surface area contributed by atoms with Gasteiger partial charge in [0.2, 0.25) is 0 Å². The Kier molecular flexibility index (Phi) is 4.86. The van der Waals surface area contributed by atoms with Gasteiger partial charge in [0.1, 0.15) is 0 Å². The minimum absolute atomic E-state index is 0.578. The number of nitrogens with zero attached hydrogens (tertiary/aromatic N) is 3. The Labute approximate surface area is 108 Å². The summed E-state index contributed by atoms with van der Waals surface area (Å²) in [6.07, 6.45) is 6.05. The molecule has 0 amide bonds. The zero-order chi connectivity index (χ0) is 12.8. The third-order valence-corrected chi connectivity index (χ3v) is 2.95. The molecule has 0 aromatic carbocycles. The maximum Gasteiger partial charge on any atom is 0.158 e. The van der Waals surface area contributed by atoms with Crippen molar-refractivity contribution < 1.29 is 4.74 Å². The number of ether oxygens (including phenoxy) is 1. The minimum Gasteiger partial charge on any atom is -0.380 e. The molecular weight excluding hydrogens is 230 g/mol. The number of hydrogen-bond acceptors (Lipinski definition) is 6. The normalized spacial score (nSPS) is 15.1. The van der Waals surface area contributed by atoms with Gasteiger partial charge in [-0.15, -0.1) is 0 Å². The summed E-state index contributed by atoms with van der Waals surface area (Å²) in [5.74, 6) is 6.64. The van der Waals surface area contributed by atoms with Crippen LogP contribution in [0, 0.1) is 5.92 Å². The van der Waals surface area contributed by atoms with Gasteiger partial charge in [-0.1, -0.05) is 0 Å². The standard InChI is InChI=1S/C12H21N5O/c1-17(4-5-18-9-10-2-3-10)8-11-6-15-12(16-13)7-14-11/h6-7,10H,2-5,8-9,13H2,1H3,(H,15,16). The van der Waals surface area contributed by atoms with Crippen LogP contribution in [0.3, 0.4) is 0 Å². The molecule has 1 aliphatic rings. The number of nitrogens with one attached hydrogen (secondary N) is 1. The summed E-state index contributed by atoms with van der Waals surface area (Å²) in [5.41, 5.74) is 3.39. The number of hydrazine groups is 1. The lowest BCUT2D eigenvalue weighted by Gasteiger charge is -2.16. The Morgan fingerprint density at radius 1 is 1.44 bits per heavy atom. The van der Waals surface area contributed by atoms with Gasteiger partial charge in [-0.3, -0.25) is 9.88 Å². The smallest absolute Gasteiger partial charge is 0.158 e. The second-order valence-corrected chi connectivity index (χ2v) is 4.79. The van der Waals surface area contributed by atoms with E-state index in [4.69, 9.17) is 10.6 Å². The molecule has 1 fully saturated rings. The summed E-state index contributed by atoms with van der Waals surface area (Å²) in [4.78, 5) is 10.6. The van der Waals surface area contributed by atoms with E-state index in [1.165, 1.54) is 12.8 Å². The average Bonchev–Trinajstić information content (AvgIpc) is 3.20. The van der Waals surface area contributed by atoms with Gasteiger partial charge in [-0.05, 0) is 25.8 Å². The van der Waals surface area contributed by atoms with Gasteiger partial charge in [0.15, 0.2) is 5.82 Å². The highest BCUT2D eigenvalue weighted by Crippen LogP contribution is 2.28. The zero-order valence-electron chi connectivity index (χ0n) is 10.8. The molecule has 0 spiro atoms. The topological polar surface area (TPSA) is 76.3 Å². The van der Waals surface area contributed by atoms with E-state index in [1.807, 2.05) is 0 Å². The first-order chi connectivity index (χ1) is 8.78. The average molecular weight is 251 g/mol. The van der Waals surface area contributed by atoms with E-state index in [0.29, 0.717) is 5.82 Å². The molecule has 0 bridgehead atoms. The first-order valence-electron chi connectivity index (χ1n) is 6.31. The third-order valence-electron chi connectivity index (χ3n) is 2.95. The molecule has 0 atom stereocenters. The van der Waals surface area contributed by atoms with Crippen LogP contribution < -0.4 is 11.3 Å². The molecule has 18 heavy (non-hydrogen) atoms. The van der Waals surface area contributed by atoms with E-state index in [1.54, 1.807) is 12.4 Å². The van der Waals surface area contributed by atoms with E-state index in [9.17, 15) is 0 Å². The SMILES string of the molecule is CN(CCOCC1CC1)Cc1cnc(NN)cn1. The van der Waals surface area contributed by atoms with Gasteiger partial charge >= 0.3 is 0 Å². The molecule has 2 rings (SSSR count). The Balaban J connectivity index is 1.63. The van der Waals surface area contributed by atoms with Crippen LogP contribution in [-0.4, -0.2) is 41.7 Å². The molecule has 1 aromatic rings. The second-order valence-electron chi connectivity index (χ2n) is 4.79. The fourth-order valence-corrected chi connectivity index (χ4v) is 1.62. The molecule has 6 heteroatoms. The lowest BCUT2D eigenvalue weighted by Crippen LogP contribution is -2.23. The van der Waals surface area contributed by atoms with Crippen molar-refractivity contribution >= 4 is 5.82 Å². The maximum atomic E-state index is 5.60. The summed E-state index contributed by atoms with van der Waals surface area (Å²) < 4.78 is 5.60. The summed E-state index contributed by atoms with van der Waals surface area (Å²) in [7, 11) is 2.05. The minimum atomic E-state index is 0.578. The van der Waals surface area contributed by atoms with Crippen LogP contribution in [0.25, 0.3) is 0 Å². The molecule has 0 aliphatic heterocycles. The highest BCUT2D eigenvalue weighted by molar-refractivity contribution is 5.28. The van der Waals surface area contributed by atoms with Crippen LogP contribution in [0.1, 0.15) is 18.5 Å². The largest absolute Gasteiger partial charge is 0.380 e. The van der Waals surface area contributed by atoms with Crippen molar-refractivity contribution in [1.82, 2.24) is 14.9 Å². The first-order valence-corrected chi connectivity index (χ1v) is 6.31. The van der Waals surface area contributed by atoms with Crippen LogP contribution in [0.4, 0.5) is 5.82 Å². The highest BCUT2D eigenvalue weighted by Gasteiger charge is 2.20. The van der Waals surface area contributed by atoms with Crippen LogP contribution in [0.2, 0.25) is 0 Å². The van der Waals surface area contributed by atoms with Gasteiger partial charge in [-0.2, -0.15) is 0 Å². The molecule has 0 unspecified atom stereocenters. The number of rotatable bonds is 8. The van der Waals surface area contributed by atoms with Gasteiger partial charge in [0.25, 0.3) is 0 Å². The number of aromatic nitrogens is 2. The van der Waals surface area contributed by atoms with E-state index >= 15 is 0 Å². The molecule has 1 saturated carbocycles. The maximum absolute atomic E-state index is 5.60. The Morgan fingerprint density at radius 3 is 2.89 bits per heavy atom. The van der Waals surface area contributed by atoms with Gasteiger partial charge in [-0.25, -0.2) is 10.8 Å². The molecule has 6 nitrogen and oxygen atoms in total. The summed E-state index contributed by atoms with van der Waals surface area (Å²) in [6.45, 7) is 3.38. The van der Waals surface area contributed by atoms with E-state index < -0.39 is 0 Å². The Morgan fingerprint density at radius 2 is 2.28 bits per heavy atom. The lowest BCUT2D eigenvalue weighted by molar-refractivity contribution is 0.101. The third kappa shape index (κ3) is 4.56. The zero-order valence-corrected chi connectivity index (χ0v) is 10.8. The Hall–Kier alpha value is -1.24. The van der Waals surface area contributed by atoms with Crippen molar-refractivity contribution in [2.75, 3.05) is 32.2 Å². The van der Waals surface area contributed by atoms with Gasteiger partial charge in [0.05, 0.1) is 24.7 Å². The summed E-state index contributed by atoms with van der Waals surface area (Å²) >= 11 is 0. The van der Waals surface area contributed by atoms with Crippen molar-refractivity contribution in [1.29, 1.82) is 0 Å². The monoisotopic (exact) mass is 251 g/mol. The van der Waals surface area contributed by atoms with Crippen LogP contribution >= 0.6 is 0 Å². The molecule has 100 valence electrons. The predicted octanol–water partition coefficient (Wildman–Crippen LogP) is 0.621. The number of nitrogen functional groups attached to an aromatic ring is 1. The fourth-order valence-electron chi connectivity index (χ4n) is 1.62. The van der Waals surface area contributed by atoms with Gasteiger partial charge in [0, 0.05) is 19.7 Å². The fraction of sp³-hybridized carbons (Fsp3) is 0.667. The number of hydrogen-bond donors (Lipinski definition) is 2. The van der Waals surface area contributed by atoms with E-state index in [0.717, 1.165) is 37.9 Å². The number of likely N-dealkylation sites (N-methyl/N-ethyl adjacent to an activating group) is 1. The second kappa shape index (κ2) is 6.63. The molecule has 0 saturated heterocycles. The predicted molar refractivity (Wildman–Crippen MR) is 69.7 cm³/mol. The van der Waals surface area contributed by atoms with Crippen molar-refractivity contribution in [3.63, 3.8) is 0 Å². The molecule has 1 aromatic heterocycles. The molecule has 0 radical (unpaired) electrons. The first kappa shape index (κ1) is 13.2. The molecule has 1 aliphatic carbocycles.